The first-order valence-electron chi connectivity index (χ1n) is 6.91. The summed E-state index contributed by atoms with van der Waals surface area (Å²) >= 11 is 5.89. The molecule has 1 aliphatic rings. The molecule has 0 bridgehead atoms. The number of hydrogen-bond acceptors (Lipinski definition) is 2. The number of hydrogen-bond donors (Lipinski definition) is 2. The van der Waals surface area contributed by atoms with Crippen molar-refractivity contribution >= 4 is 17.5 Å². The number of carbonyl (C=O) groups is 1. The van der Waals surface area contributed by atoms with Crippen molar-refractivity contribution in [1.29, 1.82) is 0 Å². The fourth-order valence-corrected chi connectivity index (χ4v) is 2.69. The van der Waals surface area contributed by atoms with Gasteiger partial charge in [0, 0.05) is 5.02 Å². The molecule has 3 nitrogen and oxygen atoms in total. The maximum atomic E-state index is 12.3. The van der Waals surface area contributed by atoms with Crippen molar-refractivity contribution in [3.05, 3.63) is 34.9 Å². The van der Waals surface area contributed by atoms with Crippen LogP contribution in [0.25, 0.3) is 0 Å². The van der Waals surface area contributed by atoms with E-state index in [1.54, 1.807) is 0 Å². The Morgan fingerprint density at radius 3 is 2.68 bits per heavy atom. The van der Waals surface area contributed by atoms with E-state index in [1.165, 1.54) is 0 Å². The molecule has 3 atom stereocenters. The van der Waals surface area contributed by atoms with Gasteiger partial charge in [-0.25, -0.2) is 0 Å². The molecule has 4 heteroatoms. The molecule has 0 radical (unpaired) electrons. The molecule has 1 aliphatic heterocycles. The summed E-state index contributed by atoms with van der Waals surface area (Å²) in [5.41, 5.74) is 1.10. The lowest BCUT2D eigenvalue weighted by molar-refractivity contribution is -0.124. The normalized spacial score (nSPS) is 24.2. The van der Waals surface area contributed by atoms with Gasteiger partial charge in [0.1, 0.15) is 0 Å². The summed E-state index contributed by atoms with van der Waals surface area (Å²) in [5, 5.41) is 7.11. The number of carbonyl (C=O) groups excluding carboxylic acids is 1. The van der Waals surface area contributed by atoms with Gasteiger partial charge in [-0.3, -0.25) is 4.79 Å². The predicted octanol–water partition coefficient (Wildman–Crippen LogP) is 2.91. The fourth-order valence-electron chi connectivity index (χ4n) is 2.56. The summed E-state index contributed by atoms with van der Waals surface area (Å²) in [5.74, 6) is 0.509. The van der Waals surface area contributed by atoms with Gasteiger partial charge >= 0.3 is 0 Å². The Labute approximate surface area is 119 Å². The first-order chi connectivity index (χ1) is 9.11. The van der Waals surface area contributed by atoms with E-state index in [0.29, 0.717) is 5.92 Å². The number of benzene rings is 1. The summed E-state index contributed by atoms with van der Waals surface area (Å²) in [4.78, 5) is 12.3. The van der Waals surface area contributed by atoms with Crippen LogP contribution in [0.5, 0.6) is 0 Å². The molecule has 104 valence electrons. The highest BCUT2D eigenvalue weighted by atomic mass is 35.5. The summed E-state index contributed by atoms with van der Waals surface area (Å²) in [6.45, 7) is 5.12. The molecule has 3 unspecified atom stereocenters. The summed E-state index contributed by atoms with van der Waals surface area (Å²) in [6, 6.07) is 7.68. The van der Waals surface area contributed by atoms with E-state index in [9.17, 15) is 4.79 Å². The minimum atomic E-state index is -0.0543. The van der Waals surface area contributed by atoms with Crippen molar-refractivity contribution in [3.63, 3.8) is 0 Å². The Morgan fingerprint density at radius 2 is 2.16 bits per heavy atom. The van der Waals surface area contributed by atoms with Crippen LogP contribution in [0.3, 0.4) is 0 Å². The Hall–Kier alpha value is -1.06. The second-order valence-electron chi connectivity index (χ2n) is 5.22. The van der Waals surface area contributed by atoms with Crippen LogP contribution in [0.15, 0.2) is 24.3 Å². The Morgan fingerprint density at radius 1 is 1.47 bits per heavy atom. The number of nitrogens with one attached hydrogen (secondary N) is 2. The lowest BCUT2D eigenvalue weighted by atomic mass is 10.0. The largest absolute Gasteiger partial charge is 0.348 e. The number of rotatable bonds is 4. The van der Waals surface area contributed by atoms with Crippen molar-refractivity contribution in [1.82, 2.24) is 10.6 Å². The van der Waals surface area contributed by atoms with Gasteiger partial charge in [-0.1, -0.05) is 37.6 Å². The number of halogens is 1. The third-order valence-corrected chi connectivity index (χ3v) is 4.06. The van der Waals surface area contributed by atoms with Crippen LogP contribution in [0.4, 0.5) is 0 Å². The van der Waals surface area contributed by atoms with E-state index in [2.05, 4.69) is 24.5 Å². The van der Waals surface area contributed by atoms with Crippen molar-refractivity contribution in [3.8, 4) is 0 Å². The molecule has 1 amide bonds. The van der Waals surface area contributed by atoms with Gasteiger partial charge in [0.15, 0.2) is 0 Å². The first-order valence-corrected chi connectivity index (χ1v) is 7.28. The Kier molecular flexibility index (Phi) is 4.83. The zero-order valence-electron chi connectivity index (χ0n) is 11.4. The predicted molar refractivity (Wildman–Crippen MR) is 78.2 cm³/mol. The van der Waals surface area contributed by atoms with Gasteiger partial charge in [0.2, 0.25) is 5.91 Å². The van der Waals surface area contributed by atoms with Crippen LogP contribution in [-0.4, -0.2) is 18.5 Å². The van der Waals surface area contributed by atoms with Gasteiger partial charge in [-0.2, -0.15) is 0 Å². The zero-order chi connectivity index (χ0) is 13.8. The van der Waals surface area contributed by atoms with Gasteiger partial charge in [-0.05, 0) is 43.0 Å². The lowest BCUT2D eigenvalue weighted by Crippen LogP contribution is -2.44. The van der Waals surface area contributed by atoms with E-state index in [4.69, 9.17) is 11.6 Å². The molecular formula is C15H21ClN2O. The maximum absolute atomic E-state index is 12.3. The second-order valence-corrected chi connectivity index (χ2v) is 5.66. The third-order valence-electron chi connectivity index (χ3n) is 3.81. The molecule has 1 heterocycles. The first kappa shape index (κ1) is 14.4. The third kappa shape index (κ3) is 3.48. The van der Waals surface area contributed by atoms with Gasteiger partial charge < -0.3 is 10.6 Å². The molecule has 0 aliphatic carbocycles. The molecule has 1 aromatic carbocycles. The molecule has 2 N–H and O–H groups in total. The van der Waals surface area contributed by atoms with E-state index in [1.807, 2.05) is 24.3 Å². The molecular weight excluding hydrogens is 260 g/mol. The molecule has 1 saturated heterocycles. The summed E-state index contributed by atoms with van der Waals surface area (Å²) in [6.07, 6.45) is 1.93. The average Bonchev–Trinajstić information content (AvgIpc) is 2.83. The minimum Gasteiger partial charge on any atom is -0.348 e. The van der Waals surface area contributed by atoms with Gasteiger partial charge in [0.25, 0.3) is 0 Å². The standard InChI is InChI=1S/C15H21ClN2O/c1-3-13(11-4-6-12(16)7-5-11)18-15(19)14-10(2)8-9-17-14/h4-7,10,13-14,17H,3,8-9H2,1-2H3,(H,18,19). The van der Waals surface area contributed by atoms with E-state index >= 15 is 0 Å². The monoisotopic (exact) mass is 280 g/mol. The van der Waals surface area contributed by atoms with Crippen LogP contribution in [0.2, 0.25) is 5.02 Å². The maximum Gasteiger partial charge on any atom is 0.237 e. The Bertz CT molecular complexity index is 432. The van der Waals surface area contributed by atoms with Crippen LogP contribution in [0, 0.1) is 5.92 Å². The lowest BCUT2D eigenvalue weighted by Gasteiger charge is -2.22. The minimum absolute atomic E-state index is 0.0543. The van der Waals surface area contributed by atoms with E-state index in [-0.39, 0.29) is 18.0 Å². The van der Waals surface area contributed by atoms with Crippen LogP contribution < -0.4 is 10.6 Å². The SMILES string of the molecule is CCC(NC(=O)C1NCCC1C)c1ccc(Cl)cc1. The van der Waals surface area contributed by atoms with Crippen LogP contribution in [0.1, 0.15) is 38.3 Å². The number of amides is 1. The van der Waals surface area contributed by atoms with E-state index in [0.717, 1.165) is 30.0 Å². The molecule has 0 aromatic heterocycles. The highest BCUT2D eigenvalue weighted by Crippen LogP contribution is 2.21. The topological polar surface area (TPSA) is 41.1 Å². The molecule has 0 saturated carbocycles. The molecule has 1 fully saturated rings. The average molecular weight is 281 g/mol. The quantitative estimate of drug-likeness (QED) is 0.890. The zero-order valence-corrected chi connectivity index (χ0v) is 12.2. The van der Waals surface area contributed by atoms with Crippen LogP contribution in [-0.2, 0) is 4.79 Å². The summed E-state index contributed by atoms with van der Waals surface area (Å²) in [7, 11) is 0. The van der Waals surface area contributed by atoms with Gasteiger partial charge in [0.05, 0.1) is 12.1 Å². The second kappa shape index (κ2) is 6.40. The fraction of sp³-hybridized carbons (Fsp3) is 0.533. The molecule has 0 spiro atoms. The van der Waals surface area contributed by atoms with Crippen molar-refractivity contribution in [2.24, 2.45) is 5.92 Å². The van der Waals surface area contributed by atoms with E-state index < -0.39 is 0 Å². The Balaban J connectivity index is 2.02. The van der Waals surface area contributed by atoms with Crippen molar-refractivity contribution in [2.75, 3.05) is 6.54 Å². The molecule has 2 rings (SSSR count). The highest BCUT2D eigenvalue weighted by molar-refractivity contribution is 6.30. The van der Waals surface area contributed by atoms with Crippen molar-refractivity contribution in [2.45, 2.75) is 38.8 Å². The van der Waals surface area contributed by atoms with Gasteiger partial charge in [-0.15, -0.1) is 0 Å². The summed E-state index contributed by atoms with van der Waals surface area (Å²) < 4.78 is 0. The van der Waals surface area contributed by atoms with Crippen molar-refractivity contribution < 1.29 is 4.79 Å². The van der Waals surface area contributed by atoms with Crippen LogP contribution >= 0.6 is 11.6 Å². The molecule has 1 aromatic rings. The highest BCUT2D eigenvalue weighted by Gasteiger charge is 2.30. The smallest absolute Gasteiger partial charge is 0.237 e. The molecule has 19 heavy (non-hydrogen) atoms.